The van der Waals surface area contributed by atoms with Crippen molar-refractivity contribution in [2.75, 3.05) is 13.2 Å². The molecule has 0 fully saturated rings. The van der Waals surface area contributed by atoms with Crippen molar-refractivity contribution in [3.63, 3.8) is 0 Å². The minimum absolute atomic E-state index is 0.343. The van der Waals surface area contributed by atoms with Crippen LogP contribution in [0, 0.1) is 0 Å². The van der Waals surface area contributed by atoms with E-state index in [1.54, 1.807) is 0 Å². The second kappa shape index (κ2) is 7.98. The molecule has 3 nitrogen and oxygen atoms in total. The van der Waals surface area contributed by atoms with Gasteiger partial charge in [0.1, 0.15) is 0 Å². The van der Waals surface area contributed by atoms with E-state index in [0.29, 0.717) is 6.10 Å². The first-order chi connectivity index (χ1) is 9.75. The van der Waals surface area contributed by atoms with Crippen molar-refractivity contribution < 1.29 is 4.74 Å². The minimum Gasteiger partial charge on any atom is -0.379 e. The number of unbranched alkanes of at least 4 members (excludes halogenated alkanes) is 1. The van der Waals surface area contributed by atoms with Crippen LogP contribution in [0.4, 0.5) is 0 Å². The van der Waals surface area contributed by atoms with Gasteiger partial charge in [-0.3, -0.25) is 4.98 Å². The van der Waals surface area contributed by atoms with Crippen LogP contribution in [0.5, 0.6) is 0 Å². The van der Waals surface area contributed by atoms with Gasteiger partial charge in [0.2, 0.25) is 0 Å². The van der Waals surface area contributed by atoms with Crippen LogP contribution >= 0.6 is 0 Å². The van der Waals surface area contributed by atoms with E-state index in [4.69, 9.17) is 4.74 Å². The lowest BCUT2D eigenvalue weighted by molar-refractivity contribution is 0.0760. The average Bonchev–Trinajstić information content (AvgIpc) is 2.46. The third-order valence-corrected chi connectivity index (χ3v) is 3.23. The van der Waals surface area contributed by atoms with Crippen LogP contribution in [0.1, 0.15) is 32.3 Å². The fraction of sp³-hybridized carbons (Fsp3) is 0.471. The smallest absolute Gasteiger partial charge is 0.0518 e. The van der Waals surface area contributed by atoms with Crippen LogP contribution in [0.3, 0.4) is 0 Å². The van der Waals surface area contributed by atoms with Crippen molar-refractivity contribution in [2.24, 2.45) is 0 Å². The van der Waals surface area contributed by atoms with Gasteiger partial charge in [0.05, 0.1) is 6.10 Å². The standard InChI is InChI=1S/C17H24N2O/c1-14(2)20-10-4-3-8-18-12-15-5-6-17-13-19-9-7-16(17)11-15/h5-7,9,11,13-14,18H,3-4,8,10,12H2,1-2H3. The van der Waals surface area contributed by atoms with Gasteiger partial charge in [0.15, 0.2) is 0 Å². The fourth-order valence-electron chi connectivity index (χ4n) is 2.15. The van der Waals surface area contributed by atoms with Crippen LogP contribution < -0.4 is 5.32 Å². The summed E-state index contributed by atoms with van der Waals surface area (Å²) in [5.41, 5.74) is 1.32. The summed E-state index contributed by atoms with van der Waals surface area (Å²) in [6.07, 6.45) is 6.36. The Hall–Kier alpha value is -1.45. The van der Waals surface area contributed by atoms with Gasteiger partial charge in [0.25, 0.3) is 0 Å². The average molecular weight is 272 g/mol. The molecule has 0 unspecified atom stereocenters. The molecule has 0 saturated heterocycles. The van der Waals surface area contributed by atoms with E-state index < -0.39 is 0 Å². The van der Waals surface area contributed by atoms with Crippen molar-refractivity contribution in [3.05, 3.63) is 42.2 Å². The summed E-state index contributed by atoms with van der Waals surface area (Å²) in [5.74, 6) is 0. The Bertz CT molecular complexity index is 525. The van der Waals surface area contributed by atoms with E-state index in [-0.39, 0.29) is 0 Å². The topological polar surface area (TPSA) is 34.1 Å². The molecule has 2 rings (SSSR count). The number of pyridine rings is 1. The Morgan fingerprint density at radius 2 is 2.05 bits per heavy atom. The Kier molecular flexibility index (Phi) is 5.96. The summed E-state index contributed by atoms with van der Waals surface area (Å²) in [6, 6.07) is 8.59. The highest BCUT2D eigenvalue weighted by atomic mass is 16.5. The molecule has 0 aliphatic carbocycles. The van der Waals surface area contributed by atoms with Gasteiger partial charge < -0.3 is 10.1 Å². The van der Waals surface area contributed by atoms with Crippen molar-refractivity contribution in [3.8, 4) is 0 Å². The number of benzene rings is 1. The zero-order chi connectivity index (χ0) is 14.2. The molecule has 0 aliphatic rings. The summed E-state index contributed by atoms with van der Waals surface area (Å²) >= 11 is 0. The van der Waals surface area contributed by atoms with Crippen LogP contribution in [0.2, 0.25) is 0 Å². The number of rotatable bonds is 8. The summed E-state index contributed by atoms with van der Waals surface area (Å²) < 4.78 is 5.52. The van der Waals surface area contributed by atoms with Crippen molar-refractivity contribution >= 4 is 10.8 Å². The first kappa shape index (κ1) is 14.9. The molecule has 1 aromatic carbocycles. The predicted octanol–water partition coefficient (Wildman–Crippen LogP) is 3.53. The van der Waals surface area contributed by atoms with Gasteiger partial charge in [-0.2, -0.15) is 0 Å². The fourth-order valence-corrected chi connectivity index (χ4v) is 2.15. The molecule has 3 heteroatoms. The van der Waals surface area contributed by atoms with Gasteiger partial charge in [-0.1, -0.05) is 12.1 Å². The number of hydrogen-bond acceptors (Lipinski definition) is 3. The number of hydrogen-bond donors (Lipinski definition) is 1. The third kappa shape index (κ3) is 4.91. The Morgan fingerprint density at radius 1 is 1.15 bits per heavy atom. The maximum atomic E-state index is 5.52. The number of fused-ring (bicyclic) bond motifs is 1. The van der Waals surface area contributed by atoms with E-state index >= 15 is 0 Å². The van der Waals surface area contributed by atoms with E-state index in [1.807, 2.05) is 12.4 Å². The van der Waals surface area contributed by atoms with E-state index in [0.717, 1.165) is 32.5 Å². The molecule has 0 bridgehead atoms. The SMILES string of the molecule is CC(C)OCCCCNCc1ccc2cnccc2c1. The van der Waals surface area contributed by atoms with Gasteiger partial charge in [-0.15, -0.1) is 0 Å². The second-order valence-corrected chi connectivity index (χ2v) is 5.36. The Labute approximate surface area is 121 Å². The monoisotopic (exact) mass is 272 g/mol. The van der Waals surface area contributed by atoms with Crippen LogP contribution in [0.25, 0.3) is 10.8 Å². The van der Waals surface area contributed by atoms with E-state index in [1.165, 1.54) is 16.3 Å². The normalized spacial score (nSPS) is 11.3. The van der Waals surface area contributed by atoms with E-state index in [9.17, 15) is 0 Å². The van der Waals surface area contributed by atoms with Gasteiger partial charge in [-0.05, 0) is 56.3 Å². The second-order valence-electron chi connectivity index (χ2n) is 5.36. The lowest BCUT2D eigenvalue weighted by Gasteiger charge is -2.08. The highest BCUT2D eigenvalue weighted by Gasteiger charge is 1.97. The summed E-state index contributed by atoms with van der Waals surface area (Å²) in [5, 5.41) is 5.93. The highest BCUT2D eigenvalue weighted by Crippen LogP contribution is 2.14. The number of aromatic nitrogens is 1. The van der Waals surface area contributed by atoms with Crippen molar-refractivity contribution in [2.45, 2.75) is 39.3 Å². The molecule has 108 valence electrons. The predicted molar refractivity (Wildman–Crippen MR) is 83.8 cm³/mol. The number of nitrogens with zero attached hydrogens (tertiary/aromatic N) is 1. The molecule has 1 aromatic heterocycles. The molecule has 0 radical (unpaired) electrons. The maximum Gasteiger partial charge on any atom is 0.0518 e. The zero-order valence-corrected chi connectivity index (χ0v) is 12.4. The molecule has 0 atom stereocenters. The lowest BCUT2D eigenvalue weighted by atomic mass is 10.1. The van der Waals surface area contributed by atoms with Crippen LogP contribution in [-0.4, -0.2) is 24.2 Å². The molecule has 1 N–H and O–H groups in total. The van der Waals surface area contributed by atoms with Gasteiger partial charge in [-0.25, -0.2) is 0 Å². The molecular weight excluding hydrogens is 248 g/mol. The van der Waals surface area contributed by atoms with E-state index in [2.05, 4.69) is 48.4 Å². The molecule has 1 heterocycles. The molecule has 0 spiro atoms. The molecule has 0 aliphatic heterocycles. The van der Waals surface area contributed by atoms with Crippen molar-refractivity contribution in [1.82, 2.24) is 10.3 Å². The highest BCUT2D eigenvalue weighted by molar-refractivity contribution is 5.81. The summed E-state index contributed by atoms with van der Waals surface area (Å²) in [6.45, 7) is 6.97. The van der Waals surface area contributed by atoms with Crippen LogP contribution in [0.15, 0.2) is 36.7 Å². The third-order valence-electron chi connectivity index (χ3n) is 3.23. The van der Waals surface area contributed by atoms with Gasteiger partial charge in [0, 0.05) is 30.9 Å². The first-order valence-electron chi connectivity index (χ1n) is 7.40. The van der Waals surface area contributed by atoms with Gasteiger partial charge >= 0.3 is 0 Å². The first-order valence-corrected chi connectivity index (χ1v) is 7.40. The zero-order valence-electron chi connectivity index (χ0n) is 12.4. The number of ether oxygens (including phenoxy) is 1. The molecular formula is C17H24N2O. The quantitative estimate of drug-likeness (QED) is 0.746. The summed E-state index contributed by atoms with van der Waals surface area (Å²) in [4.78, 5) is 4.13. The lowest BCUT2D eigenvalue weighted by Crippen LogP contribution is -2.15. The molecule has 0 saturated carbocycles. The maximum absolute atomic E-state index is 5.52. The molecule has 0 amide bonds. The molecule has 20 heavy (non-hydrogen) atoms. The minimum atomic E-state index is 0.343. The largest absolute Gasteiger partial charge is 0.379 e. The molecule has 2 aromatic rings. The summed E-state index contributed by atoms with van der Waals surface area (Å²) in [7, 11) is 0. The Morgan fingerprint density at radius 3 is 2.90 bits per heavy atom. The number of nitrogens with one attached hydrogen (secondary N) is 1. The Balaban J connectivity index is 1.68. The van der Waals surface area contributed by atoms with Crippen molar-refractivity contribution in [1.29, 1.82) is 0 Å². The van der Waals surface area contributed by atoms with Crippen LogP contribution in [-0.2, 0) is 11.3 Å².